The van der Waals surface area contributed by atoms with Crippen LogP contribution in [0.15, 0.2) is 0 Å². The van der Waals surface area contributed by atoms with Crippen LogP contribution in [0.3, 0.4) is 0 Å². The first-order chi connectivity index (χ1) is 2.00. The molecule has 0 aliphatic carbocycles. The molecule has 0 aromatic rings. The van der Waals surface area contributed by atoms with Gasteiger partial charge in [0.05, 0.1) is 0 Å². The summed E-state index contributed by atoms with van der Waals surface area (Å²) < 4.78 is 31.6. The van der Waals surface area contributed by atoms with Crippen molar-refractivity contribution in [3.8, 4) is 0 Å². The molecule has 7 heteroatoms. The summed E-state index contributed by atoms with van der Waals surface area (Å²) in [6.45, 7) is 0. The van der Waals surface area contributed by atoms with Crippen molar-refractivity contribution in [2.24, 2.45) is 0 Å². The van der Waals surface area contributed by atoms with Crippen LogP contribution in [0, 0.1) is 0 Å². The van der Waals surface area contributed by atoms with Crippen molar-refractivity contribution < 1.29 is 47.1 Å². The molecule has 0 aliphatic rings. The van der Waals surface area contributed by atoms with Crippen molar-refractivity contribution >= 4 is 10.4 Å². The summed E-state index contributed by atoms with van der Waals surface area (Å²) in [5, 5.41) is 0. The van der Waals surface area contributed by atoms with Gasteiger partial charge in [-0.2, -0.15) is 8.42 Å². The van der Waals surface area contributed by atoms with E-state index in [0.29, 0.717) is 0 Å². The Balaban J connectivity index is -0.0000000800. The number of nitrogens with two attached hydrogens (primary N) is 1. The predicted molar refractivity (Wildman–Crippen MR) is 19.5 cm³/mol. The third kappa shape index (κ3) is 231. The van der Waals surface area contributed by atoms with Crippen LogP contribution in [0.25, 0.3) is 6.15 Å². The Morgan fingerprint density at radius 3 is 1.14 bits per heavy atom. The van der Waals surface area contributed by atoms with Crippen molar-refractivity contribution in [1.82, 2.24) is 0 Å². The molecule has 0 fully saturated rings. The zero-order chi connectivity index (χ0) is 4.50. The summed E-state index contributed by atoms with van der Waals surface area (Å²) in [4.78, 5) is 0. The molecular weight excluding hydrogens is 133 g/mol. The molecule has 4 N–H and O–H groups in total. The van der Waals surface area contributed by atoms with Crippen LogP contribution < -0.4 is 29.6 Å². The molecule has 5 nitrogen and oxygen atoms in total. The minimum atomic E-state index is -4.67. The molecule has 0 heterocycles. The molecule has 0 aromatic heterocycles. The molecule has 40 valence electrons. The molecule has 0 radical (unpaired) electrons. The van der Waals surface area contributed by atoms with E-state index >= 15 is 0 Å². The zero-order valence-electron chi connectivity index (χ0n) is 3.70. The number of hydrogen-bond donors (Lipinski definition) is 2. The van der Waals surface area contributed by atoms with E-state index in [0.717, 1.165) is 0 Å². The smallest absolute Gasteiger partial charge is 0.693 e. The van der Waals surface area contributed by atoms with E-state index in [-0.39, 0.29) is 35.7 Å². The van der Waals surface area contributed by atoms with E-state index in [1.54, 1.807) is 0 Å². The third-order valence-electron chi connectivity index (χ3n) is 0. The largest absolute Gasteiger partial charge is 1.00 e. The molecule has 7 heavy (non-hydrogen) atoms. The number of hydrogen-bond acceptors (Lipinski definition) is 2. The Labute approximate surface area is 63.6 Å². The van der Waals surface area contributed by atoms with Gasteiger partial charge < -0.3 is 6.15 Å². The maximum atomic E-state index is 8.74. The normalized spacial score (nSPS) is 8.29. The third-order valence-corrected chi connectivity index (χ3v) is 0. The van der Waals surface area contributed by atoms with E-state index in [2.05, 4.69) is 0 Å². The maximum absolute atomic E-state index is 8.74. The quantitative estimate of drug-likeness (QED) is 0.275. The van der Waals surface area contributed by atoms with Crippen molar-refractivity contribution in [3.05, 3.63) is 6.15 Å². The maximum Gasteiger partial charge on any atom is 1.00 e. The summed E-state index contributed by atoms with van der Waals surface area (Å²) >= 11 is 0. The predicted octanol–water partition coefficient (Wildman–Crippen LogP) is -2.93. The van der Waals surface area contributed by atoms with Crippen molar-refractivity contribution in [2.45, 2.75) is 0 Å². The van der Waals surface area contributed by atoms with Crippen LogP contribution in [0.1, 0.15) is 0 Å². The fourth-order valence-corrected chi connectivity index (χ4v) is 0. The second-order valence-corrected chi connectivity index (χ2v) is 1.34. The molecular formula is H4NNaO4S. The molecule has 0 aromatic carbocycles. The number of rotatable bonds is 0. The van der Waals surface area contributed by atoms with Crippen molar-refractivity contribution in [2.75, 3.05) is 0 Å². The average Bonchev–Trinajstić information content (AvgIpc) is 0.722. The summed E-state index contributed by atoms with van der Waals surface area (Å²) in [5.41, 5.74) is 0. The monoisotopic (exact) mass is 137 g/mol. The Kier molecular flexibility index (Phi) is 11.1. The van der Waals surface area contributed by atoms with Gasteiger partial charge in [-0.25, -0.2) is 0 Å². The molecule has 0 saturated heterocycles. The molecule has 0 aliphatic heterocycles. The van der Waals surface area contributed by atoms with E-state index in [9.17, 15) is 0 Å². The Morgan fingerprint density at radius 2 is 1.14 bits per heavy atom. The van der Waals surface area contributed by atoms with Gasteiger partial charge in [0, 0.05) is 0 Å². The average molecular weight is 137 g/mol. The molecule has 0 saturated carbocycles. The summed E-state index contributed by atoms with van der Waals surface area (Å²) in [6.07, 6.45) is 0. The second-order valence-electron chi connectivity index (χ2n) is 0.448. The standard InChI is InChI=1S/H2N.Na.H2O4S/c;;1-5(2,3)4/h1H2;;(H2,1,2,3,4)/q-1;+1;. The van der Waals surface area contributed by atoms with Crippen LogP contribution in [0.4, 0.5) is 0 Å². The van der Waals surface area contributed by atoms with Crippen LogP contribution in [-0.2, 0) is 10.4 Å². The zero-order valence-corrected chi connectivity index (χ0v) is 6.51. The van der Waals surface area contributed by atoms with Gasteiger partial charge in [-0.1, -0.05) is 0 Å². The van der Waals surface area contributed by atoms with Crippen LogP contribution in [0.2, 0.25) is 0 Å². The van der Waals surface area contributed by atoms with Crippen LogP contribution in [-0.4, -0.2) is 17.5 Å². The minimum absolute atomic E-state index is 0. The first-order valence-corrected chi connectivity index (χ1v) is 2.10. The Bertz CT molecular complexity index is 94.9. The second kappa shape index (κ2) is 4.98. The van der Waals surface area contributed by atoms with Crippen LogP contribution >= 0.6 is 0 Å². The first-order valence-electron chi connectivity index (χ1n) is 0.698. The topological polar surface area (TPSA) is 108 Å². The summed E-state index contributed by atoms with van der Waals surface area (Å²) in [5.74, 6) is 0. The Hall–Kier alpha value is 0.830. The molecule has 0 spiro atoms. The van der Waals surface area contributed by atoms with Gasteiger partial charge in [0.15, 0.2) is 0 Å². The van der Waals surface area contributed by atoms with E-state index in [1.165, 1.54) is 0 Å². The summed E-state index contributed by atoms with van der Waals surface area (Å²) in [7, 11) is -4.67. The first kappa shape index (κ1) is 15.7. The fourth-order valence-electron chi connectivity index (χ4n) is 0. The minimum Gasteiger partial charge on any atom is -0.693 e. The molecule has 0 bridgehead atoms. The van der Waals surface area contributed by atoms with Crippen molar-refractivity contribution in [1.29, 1.82) is 0 Å². The van der Waals surface area contributed by atoms with E-state index in [1.807, 2.05) is 0 Å². The van der Waals surface area contributed by atoms with Gasteiger partial charge >= 0.3 is 40.0 Å². The van der Waals surface area contributed by atoms with Gasteiger partial charge in [0.1, 0.15) is 0 Å². The van der Waals surface area contributed by atoms with Gasteiger partial charge in [0.2, 0.25) is 0 Å². The van der Waals surface area contributed by atoms with Gasteiger partial charge in [-0.15, -0.1) is 0 Å². The van der Waals surface area contributed by atoms with Gasteiger partial charge in [0.25, 0.3) is 0 Å². The van der Waals surface area contributed by atoms with Crippen LogP contribution in [0.5, 0.6) is 0 Å². The SMILES string of the molecule is O=S(=O)(O)O.[NH2-].[Na+]. The fraction of sp³-hybridized carbons (Fsp3) is 0. The van der Waals surface area contributed by atoms with Crippen molar-refractivity contribution in [3.63, 3.8) is 0 Å². The molecule has 0 atom stereocenters. The van der Waals surface area contributed by atoms with E-state index < -0.39 is 10.4 Å². The van der Waals surface area contributed by atoms with E-state index in [4.69, 9.17) is 17.5 Å². The molecule has 0 amide bonds. The van der Waals surface area contributed by atoms with Gasteiger partial charge in [-0.05, 0) is 0 Å². The molecule has 0 rings (SSSR count). The Morgan fingerprint density at radius 1 is 1.14 bits per heavy atom. The summed E-state index contributed by atoms with van der Waals surface area (Å²) in [6, 6.07) is 0. The van der Waals surface area contributed by atoms with Gasteiger partial charge in [-0.3, -0.25) is 9.11 Å². The molecule has 0 unspecified atom stereocenters.